The molecule has 0 aromatic heterocycles. The third-order valence-electron chi connectivity index (χ3n) is 1.44. The average Bonchev–Trinajstić information content (AvgIpc) is 1.94. The van der Waals surface area contributed by atoms with Gasteiger partial charge in [-0.1, -0.05) is 24.3 Å². The number of hydrogen-bond donors (Lipinski definition) is 1. The van der Waals surface area contributed by atoms with Gasteiger partial charge >= 0.3 is 0 Å². The van der Waals surface area contributed by atoms with Crippen molar-refractivity contribution in [3.63, 3.8) is 0 Å². The molecule has 1 aromatic carbocycles. The lowest BCUT2D eigenvalue weighted by Gasteiger charge is -1.95. The molecule has 0 atom stereocenters. The van der Waals surface area contributed by atoms with Gasteiger partial charge in [0.15, 0.2) is 0 Å². The summed E-state index contributed by atoms with van der Waals surface area (Å²) in [6.07, 6.45) is 2.73. The molecule has 1 nitrogen and oxygen atoms in total. The normalized spacial score (nSPS) is 10.5. The van der Waals surface area contributed by atoms with Crippen LogP contribution in [0, 0.1) is 6.92 Å². The lowest BCUT2D eigenvalue weighted by molar-refractivity contribution is 0.478. The van der Waals surface area contributed by atoms with Crippen molar-refractivity contribution in [2.45, 2.75) is 6.92 Å². The van der Waals surface area contributed by atoms with Crippen LogP contribution in [0.5, 0.6) is 0 Å². The van der Waals surface area contributed by atoms with E-state index in [4.69, 9.17) is 5.11 Å². The number of aliphatic hydroxyl groups excluding tert-OH is 1. The summed E-state index contributed by atoms with van der Waals surface area (Å²) in [5.74, 6) is 0. The van der Waals surface area contributed by atoms with Crippen LogP contribution in [0.15, 0.2) is 30.5 Å². The molecule has 0 radical (unpaired) electrons. The summed E-state index contributed by atoms with van der Waals surface area (Å²) in [5.41, 5.74) is 2.23. The van der Waals surface area contributed by atoms with E-state index in [0.29, 0.717) is 0 Å². The molecule has 0 bridgehead atoms. The number of benzene rings is 1. The third kappa shape index (κ3) is 1.38. The van der Waals surface area contributed by atoms with Crippen molar-refractivity contribution in [1.82, 2.24) is 0 Å². The van der Waals surface area contributed by atoms with Gasteiger partial charge in [-0.2, -0.15) is 0 Å². The van der Waals surface area contributed by atoms with E-state index in [0.717, 1.165) is 11.8 Å². The molecule has 1 aromatic rings. The van der Waals surface area contributed by atoms with Crippen LogP contribution in [-0.2, 0) is 0 Å². The molecule has 0 aliphatic rings. The van der Waals surface area contributed by atoms with Gasteiger partial charge in [0.05, 0.1) is 6.26 Å². The Kier molecular flexibility index (Phi) is 2.11. The molecule has 1 heteroatoms. The van der Waals surface area contributed by atoms with Crippen LogP contribution in [0.25, 0.3) is 6.08 Å². The van der Waals surface area contributed by atoms with E-state index in [1.54, 1.807) is 6.08 Å². The molecule has 10 heavy (non-hydrogen) atoms. The highest BCUT2D eigenvalue weighted by atomic mass is 16.2. The van der Waals surface area contributed by atoms with Crippen molar-refractivity contribution in [2.75, 3.05) is 0 Å². The first-order valence-corrected chi connectivity index (χ1v) is 3.21. The second-order valence-electron chi connectivity index (χ2n) is 2.17. The Morgan fingerprint density at radius 2 is 2.00 bits per heavy atom. The van der Waals surface area contributed by atoms with Gasteiger partial charge in [0.25, 0.3) is 0 Å². The van der Waals surface area contributed by atoms with E-state index < -0.39 is 0 Å². The van der Waals surface area contributed by atoms with E-state index >= 15 is 0 Å². The first-order chi connectivity index (χ1) is 4.84. The first-order valence-electron chi connectivity index (χ1n) is 3.21. The fourth-order valence-electron chi connectivity index (χ4n) is 0.854. The van der Waals surface area contributed by atoms with Gasteiger partial charge in [-0.25, -0.2) is 0 Å². The highest BCUT2D eigenvalue weighted by molar-refractivity contribution is 5.51. The number of aryl methyl sites for hydroxylation is 1. The predicted molar refractivity (Wildman–Crippen MR) is 42.8 cm³/mol. The molecule has 52 valence electrons. The van der Waals surface area contributed by atoms with Crippen molar-refractivity contribution >= 4 is 6.08 Å². The molecule has 0 heterocycles. The summed E-state index contributed by atoms with van der Waals surface area (Å²) in [6.45, 7) is 2.01. The fourth-order valence-corrected chi connectivity index (χ4v) is 0.854. The zero-order chi connectivity index (χ0) is 7.40. The van der Waals surface area contributed by atoms with Crippen molar-refractivity contribution in [3.8, 4) is 0 Å². The molecular weight excluding hydrogens is 124 g/mol. The van der Waals surface area contributed by atoms with E-state index in [9.17, 15) is 0 Å². The molecule has 0 unspecified atom stereocenters. The zero-order valence-corrected chi connectivity index (χ0v) is 5.91. The Morgan fingerprint density at radius 1 is 1.30 bits per heavy atom. The lowest BCUT2D eigenvalue weighted by Crippen LogP contribution is -1.76. The summed E-state index contributed by atoms with van der Waals surface area (Å²) in [7, 11) is 0. The second kappa shape index (κ2) is 3.06. The molecule has 0 aliphatic heterocycles. The zero-order valence-electron chi connectivity index (χ0n) is 5.91. The van der Waals surface area contributed by atoms with Crippen molar-refractivity contribution in [2.24, 2.45) is 0 Å². The van der Waals surface area contributed by atoms with Gasteiger partial charge in [0, 0.05) is 0 Å². The van der Waals surface area contributed by atoms with Crippen LogP contribution < -0.4 is 0 Å². The Balaban J connectivity index is 3.03. The van der Waals surface area contributed by atoms with Gasteiger partial charge < -0.3 is 5.11 Å². The van der Waals surface area contributed by atoms with Gasteiger partial charge in [-0.15, -0.1) is 0 Å². The molecule has 1 rings (SSSR count). The predicted octanol–water partition coefficient (Wildman–Crippen LogP) is 2.52. The average molecular weight is 134 g/mol. The maximum absolute atomic E-state index is 8.46. The first kappa shape index (κ1) is 6.87. The minimum absolute atomic E-state index is 1.06. The van der Waals surface area contributed by atoms with E-state index in [1.807, 2.05) is 31.2 Å². The highest BCUT2D eigenvalue weighted by Crippen LogP contribution is 2.07. The van der Waals surface area contributed by atoms with Gasteiger partial charge in [-0.3, -0.25) is 0 Å². The van der Waals surface area contributed by atoms with E-state index in [1.165, 1.54) is 5.56 Å². The highest BCUT2D eigenvalue weighted by Gasteiger charge is 1.88. The van der Waals surface area contributed by atoms with Crippen LogP contribution in [0.4, 0.5) is 0 Å². The second-order valence-corrected chi connectivity index (χ2v) is 2.17. The maximum atomic E-state index is 8.46. The van der Waals surface area contributed by atoms with Crippen molar-refractivity contribution in [1.29, 1.82) is 0 Å². The quantitative estimate of drug-likeness (QED) is 0.585. The Hall–Kier alpha value is -1.24. The topological polar surface area (TPSA) is 20.2 Å². The van der Waals surface area contributed by atoms with Crippen LogP contribution >= 0.6 is 0 Å². The van der Waals surface area contributed by atoms with Gasteiger partial charge in [-0.05, 0) is 24.1 Å². The molecular formula is C9H10O. The number of aliphatic hydroxyl groups is 1. The van der Waals surface area contributed by atoms with E-state index in [2.05, 4.69) is 0 Å². The van der Waals surface area contributed by atoms with Crippen LogP contribution in [0.2, 0.25) is 0 Å². The summed E-state index contributed by atoms with van der Waals surface area (Å²) >= 11 is 0. The SMILES string of the molecule is Cc1ccccc1C=CO. The molecule has 0 amide bonds. The van der Waals surface area contributed by atoms with Crippen molar-refractivity contribution in [3.05, 3.63) is 41.7 Å². The fraction of sp³-hybridized carbons (Fsp3) is 0.111. The number of rotatable bonds is 1. The van der Waals surface area contributed by atoms with Crippen LogP contribution in [0.1, 0.15) is 11.1 Å². The summed E-state index contributed by atoms with van der Waals surface area (Å²) in [5, 5.41) is 8.46. The maximum Gasteiger partial charge on any atom is 0.0797 e. The molecule has 0 saturated heterocycles. The lowest BCUT2D eigenvalue weighted by atomic mass is 10.1. The van der Waals surface area contributed by atoms with Crippen LogP contribution in [0.3, 0.4) is 0 Å². The smallest absolute Gasteiger partial charge is 0.0797 e. The molecule has 1 N–H and O–H groups in total. The van der Waals surface area contributed by atoms with E-state index in [-0.39, 0.29) is 0 Å². The molecule has 0 fully saturated rings. The van der Waals surface area contributed by atoms with Gasteiger partial charge in [0.1, 0.15) is 0 Å². The van der Waals surface area contributed by atoms with Gasteiger partial charge in [0.2, 0.25) is 0 Å². The standard InChI is InChI=1S/C9H10O/c1-8-4-2-3-5-9(8)6-7-10/h2-7,10H,1H3. The van der Waals surface area contributed by atoms with Crippen LogP contribution in [-0.4, -0.2) is 5.11 Å². The minimum Gasteiger partial charge on any atom is -0.516 e. The molecule has 0 spiro atoms. The largest absolute Gasteiger partial charge is 0.516 e. The summed E-state index contributed by atoms with van der Waals surface area (Å²) < 4.78 is 0. The molecule has 0 saturated carbocycles. The Labute approximate surface area is 60.6 Å². The summed E-state index contributed by atoms with van der Waals surface area (Å²) in [6, 6.07) is 7.89. The Bertz CT molecular complexity index is 238. The number of hydrogen-bond acceptors (Lipinski definition) is 1. The Morgan fingerprint density at radius 3 is 2.60 bits per heavy atom. The van der Waals surface area contributed by atoms with Crippen molar-refractivity contribution < 1.29 is 5.11 Å². The third-order valence-corrected chi connectivity index (χ3v) is 1.44. The summed E-state index contributed by atoms with van der Waals surface area (Å²) in [4.78, 5) is 0. The minimum atomic E-state index is 1.06. The molecule has 0 aliphatic carbocycles. The monoisotopic (exact) mass is 134 g/mol.